The summed E-state index contributed by atoms with van der Waals surface area (Å²) in [7, 11) is 4.05. The predicted molar refractivity (Wildman–Crippen MR) is 53.9 cm³/mol. The number of benzene rings is 1. The highest BCUT2D eigenvalue weighted by molar-refractivity contribution is 5.74. The number of hydrogen-bond acceptors (Lipinski definition) is 2. The Bertz CT molecular complexity index is 294. The molecule has 2 heteroatoms. The Labute approximate surface area is 79.2 Å². The Morgan fingerprint density at radius 2 is 2.08 bits per heavy atom. The molecular formula is C11H15NO. The number of carbonyl (C=O) groups excluding carboxylic acids is 1. The van der Waals surface area contributed by atoms with E-state index in [2.05, 4.69) is 11.8 Å². The zero-order chi connectivity index (χ0) is 9.84. The van der Waals surface area contributed by atoms with E-state index in [0.717, 1.165) is 11.8 Å². The van der Waals surface area contributed by atoms with Gasteiger partial charge in [-0.2, -0.15) is 0 Å². The van der Waals surface area contributed by atoms with Gasteiger partial charge in [0, 0.05) is 11.6 Å². The van der Waals surface area contributed by atoms with Crippen LogP contribution in [0.1, 0.15) is 28.9 Å². The van der Waals surface area contributed by atoms with Crippen LogP contribution in [-0.4, -0.2) is 25.3 Å². The summed E-state index contributed by atoms with van der Waals surface area (Å²) in [5.41, 5.74) is 1.92. The summed E-state index contributed by atoms with van der Waals surface area (Å²) < 4.78 is 0. The van der Waals surface area contributed by atoms with Crippen molar-refractivity contribution in [3.63, 3.8) is 0 Å². The van der Waals surface area contributed by atoms with Crippen LogP contribution in [0.15, 0.2) is 24.3 Å². The highest BCUT2D eigenvalue weighted by Gasteiger charge is 2.07. The lowest BCUT2D eigenvalue weighted by Gasteiger charge is -2.20. The maximum atomic E-state index is 10.5. The van der Waals surface area contributed by atoms with Gasteiger partial charge in [-0.1, -0.05) is 18.2 Å². The molecule has 0 amide bonds. The fourth-order valence-corrected chi connectivity index (χ4v) is 1.19. The van der Waals surface area contributed by atoms with Gasteiger partial charge in [-0.05, 0) is 32.6 Å². The molecule has 0 aliphatic heterocycles. The molecule has 0 saturated heterocycles. The minimum absolute atomic E-state index is 0.347. The molecule has 0 N–H and O–H groups in total. The van der Waals surface area contributed by atoms with Gasteiger partial charge in [-0.25, -0.2) is 0 Å². The van der Waals surface area contributed by atoms with Crippen molar-refractivity contribution in [2.45, 2.75) is 13.0 Å². The number of hydrogen-bond donors (Lipinski definition) is 0. The van der Waals surface area contributed by atoms with Crippen LogP contribution in [0.25, 0.3) is 0 Å². The van der Waals surface area contributed by atoms with Gasteiger partial charge < -0.3 is 4.90 Å². The number of aldehydes is 1. The summed E-state index contributed by atoms with van der Waals surface area (Å²) in [6, 6.07) is 8.05. The topological polar surface area (TPSA) is 20.3 Å². The molecule has 1 aromatic carbocycles. The summed E-state index contributed by atoms with van der Waals surface area (Å²) in [4.78, 5) is 12.7. The van der Waals surface area contributed by atoms with Gasteiger partial charge in [0.25, 0.3) is 0 Å². The molecule has 1 rings (SSSR count). The van der Waals surface area contributed by atoms with E-state index in [1.165, 1.54) is 5.56 Å². The third-order valence-electron chi connectivity index (χ3n) is 2.30. The number of rotatable bonds is 3. The van der Waals surface area contributed by atoms with Gasteiger partial charge in [0.15, 0.2) is 0 Å². The van der Waals surface area contributed by atoms with E-state index in [-0.39, 0.29) is 0 Å². The summed E-state index contributed by atoms with van der Waals surface area (Å²) in [6.07, 6.45) is 0.881. The first-order valence-electron chi connectivity index (χ1n) is 4.36. The quantitative estimate of drug-likeness (QED) is 0.659. The highest BCUT2D eigenvalue weighted by Crippen LogP contribution is 2.17. The minimum Gasteiger partial charge on any atom is -0.303 e. The number of carbonyl (C=O) groups is 1. The van der Waals surface area contributed by atoms with Crippen LogP contribution >= 0.6 is 0 Å². The third-order valence-corrected chi connectivity index (χ3v) is 2.30. The molecule has 0 bridgehead atoms. The molecule has 70 valence electrons. The zero-order valence-electron chi connectivity index (χ0n) is 8.32. The van der Waals surface area contributed by atoms with Crippen LogP contribution < -0.4 is 0 Å². The van der Waals surface area contributed by atoms with Crippen LogP contribution in [0.2, 0.25) is 0 Å². The van der Waals surface area contributed by atoms with Crippen molar-refractivity contribution in [3.8, 4) is 0 Å². The van der Waals surface area contributed by atoms with Gasteiger partial charge in [0.1, 0.15) is 6.29 Å². The highest BCUT2D eigenvalue weighted by atomic mass is 16.1. The van der Waals surface area contributed by atoms with Crippen LogP contribution in [0.3, 0.4) is 0 Å². The van der Waals surface area contributed by atoms with Crippen molar-refractivity contribution in [2.75, 3.05) is 14.1 Å². The lowest BCUT2D eigenvalue weighted by Crippen LogP contribution is -2.16. The normalized spacial score (nSPS) is 12.9. The van der Waals surface area contributed by atoms with Crippen molar-refractivity contribution in [1.29, 1.82) is 0 Å². The molecule has 2 nitrogen and oxygen atoms in total. The number of nitrogens with zero attached hydrogens (tertiary/aromatic N) is 1. The Morgan fingerprint density at radius 3 is 2.62 bits per heavy atom. The van der Waals surface area contributed by atoms with Gasteiger partial charge in [0.05, 0.1) is 0 Å². The monoisotopic (exact) mass is 177 g/mol. The molecule has 0 heterocycles. The second kappa shape index (κ2) is 4.19. The molecule has 1 aromatic rings. The van der Waals surface area contributed by atoms with Gasteiger partial charge in [-0.15, -0.1) is 0 Å². The molecule has 13 heavy (non-hydrogen) atoms. The van der Waals surface area contributed by atoms with E-state index < -0.39 is 0 Å². The van der Waals surface area contributed by atoms with E-state index in [9.17, 15) is 4.79 Å². The van der Waals surface area contributed by atoms with Crippen molar-refractivity contribution >= 4 is 6.29 Å². The maximum Gasteiger partial charge on any atom is 0.150 e. The van der Waals surface area contributed by atoms with E-state index in [4.69, 9.17) is 0 Å². The third kappa shape index (κ3) is 2.39. The summed E-state index contributed by atoms with van der Waals surface area (Å²) in [6.45, 7) is 2.11. The van der Waals surface area contributed by atoms with E-state index in [1.54, 1.807) is 0 Å². The Kier molecular flexibility index (Phi) is 3.20. The van der Waals surface area contributed by atoms with Crippen LogP contribution in [0.4, 0.5) is 0 Å². The van der Waals surface area contributed by atoms with Crippen LogP contribution in [0.5, 0.6) is 0 Å². The van der Waals surface area contributed by atoms with Crippen molar-refractivity contribution < 1.29 is 4.79 Å². The Hall–Kier alpha value is -1.15. The smallest absolute Gasteiger partial charge is 0.150 e. The fourth-order valence-electron chi connectivity index (χ4n) is 1.19. The van der Waals surface area contributed by atoms with Gasteiger partial charge in [0.2, 0.25) is 0 Å². The van der Waals surface area contributed by atoms with Crippen LogP contribution in [0, 0.1) is 0 Å². The molecule has 0 aliphatic carbocycles. The second-order valence-corrected chi connectivity index (χ2v) is 3.43. The van der Waals surface area contributed by atoms with Crippen molar-refractivity contribution in [1.82, 2.24) is 4.90 Å². The van der Waals surface area contributed by atoms with E-state index in [0.29, 0.717) is 6.04 Å². The lowest BCUT2D eigenvalue weighted by atomic mass is 10.1. The molecule has 0 saturated carbocycles. The molecule has 1 atom stereocenters. The largest absolute Gasteiger partial charge is 0.303 e. The maximum absolute atomic E-state index is 10.5. The molecule has 0 fully saturated rings. The lowest BCUT2D eigenvalue weighted by molar-refractivity contribution is 0.112. The first-order chi connectivity index (χ1) is 6.15. The predicted octanol–water partition coefficient (Wildman–Crippen LogP) is 2.12. The van der Waals surface area contributed by atoms with Gasteiger partial charge in [-0.3, -0.25) is 4.79 Å². The summed E-state index contributed by atoms with van der Waals surface area (Å²) in [5.74, 6) is 0. The molecule has 0 aliphatic rings. The van der Waals surface area contributed by atoms with E-state index in [1.807, 2.05) is 38.4 Å². The Morgan fingerprint density at radius 1 is 1.38 bits per heavy atom. The first-order valence-corrected chi connectivity index (χ1v) is 4.36. The second-order valence-electron chi connectivity index (χ2n) is 3.43. The molecular weight excluding hydrogens is 162 g/mol. The van der Waals surface area contributed by atoms with Crippen molar-refractivity contribution in [3.05, 3.63) is 35.4 Å². The molecule has 0 aromatic heterocycles. The van der Waals surface area contributed by atoms with Crippen molar-refractivity contribution in [2.24, 2.45) is 0 Å². The Balaban J connectivity index is 2.94. The summed E-state index contributed by atoms with van der Waals surface area (Å²) >= 11 is 0. The minimum atomic E-state index is 0.347. The molecule has 0 radical (unpaired) electrons. The SMILES string of the molecule is CC(c1cccc(C=O)c1)N(C)C. The average Bonchev–Trinajstić information content (AvgIpc) is 2.16. The summed E-state index contributed by atoms with van der Waals surface area (Å²) in [5, 5.41) is 0. The van der Waals surface area contributed by atoms with Gasteiger partial charge >= 0.3 is 0 Å². The van der Waals surface area contributed by atoms with Crippen LogP contribution in [-0.2, 0) is 0 Å². The van der Waals surface area contributed by atoms with E-state index >= 15 is 0 Å². The fraction of sp³-hybridized carbons (Fsp3) is 0.364. The average molecular weight is 177 g/mol. The standard InChI is InChI=1S/C11H15NO/c1-9(12(2)3)11-6-4-5-10(7-11)8-13/h4-9H,1-3H3. The molecule has 1 unspecified atom stereocenters. The zero-order valence-corrected chi connectivity index (χ0v) is 8.32. The first kappa shape index (κ1) is 9.93. The molecule has 0 spiro atoms.